The molecule has 0 aromatic heterocycles. The summed E-state index contributed by atoms with van der Waals surface area (Å²) in [5.74, 6) is -1.35. The van der Waals surface area contributed by atoms with Crippen LogP contribution in [-0.4, -0.2) is 91.9 Å². The monoisotopic (exact) mass is 533 g/mol. The highest BCUT2D eigenvalue weighted by Gasteiger charge is 2.78. The van der Waals surface area contributed by atoms with Crippen LogP contribution in [0.25, 0.3) is 0 Å². The van der Waals surface area contributed by atoms with Crippen molar-refractivity contribution in [2.45, 2.75) is 88.3 Å². The number of rotatable bonds is 14. The van der Waals surface area contributed by atoms with Crippen molar-refractivity contribution in [2.24, 2.45) is 17.8 Å². The topological polar surface area (TPSA) is 81.2 Å². The number of aliphatic hydroxyl groups excluding tert-OH is 1. The van der Waals surface area contributed by atoms with Gasteiger partial charge in [-0.2, -0.15) is 0 Å². The molecule has 208 valence electrons. The van der Waals surface area contributed by atoms with Gasteiger partial charge in [0.1, 0.15) is 6.04 Å². The van der Waals surface area contributed by atoms with Crippen LogP contribution in [0.4, 0.5) is 0 Å². The van der Waals surface area contributed by atoms with Gasteiger partial charge in [-0.1, -0.05) is 46.3 Å². The van der Waals surface area contributed by atoms with Gasteiger partial charge in [0, 0.05) is 30.9 Å². The van der Waals surface area contributed by atoms with E-state index in [1.54, 1.807) is 28.8 Å². The molecule has 3 saturated heterocycles. The van der Waals surface area contributed by atoms with Crippen molar-refractivity contribution >= 4 is 29.5 Å². The normalized spacial score (nSPS) is 30.9. The molecule has 2 bridgehead atoms. The summed E-state index contributed by atoms with van der Waals surface area (Å²) in [6.45, 7) is 19.7. The molecule has 1 N–H and O–H groups in total. The molecule has 0 saturated carbocycles. The van der Waals surface area contributed by atoms with Crippen molar-refractivity contribution in [1.82, 2.24) is 14.7 Å². The predicted octanol–water partition coefficient (Wildman–Crippen LogP) is 3.72. The number of hydrogen-bond donors (Lipinski definition) is 1. The van der Waals surface area contributed by atoms with E-state index in [-0.39, 0.29) is 30.2 Å². The van der Waals surface area contributed by atoms with Gasteiger partial charge in [-0.3, -0.25) is 14.4 Å². The van der Waals surface area contributed by atoms with E-state index >= 15 is 0 Å². The molecule has 3 amide bonds. The number of thioether (sulfide) groups is 1. The number of fused-ring (bicyclic) bond motifs is 1. The molecule has 37 heavy (non-hydrogen) atoms. The Morgan fingerprint density at radius 3 is 2.24 bits per heavy atom. The number of amides is 3. The van der Waals surface area contributed by atoms with Crippen LogP contribution in [0, 0.1) is 17.8 Å². The molecule has 3 aliphatic rings. The Bertz CT molecular complexity index is 894. The minimum absolute atomic E-state index is 0.0104. The predicted molar refractivity (Wildman–Crippen MR) is 150 cm³/mol. The van der Waals surface area contributed by atoms with Crippen molar-refractivity contribution in [2.75, 3.05) is 32.8 Å². The van der Waals surface area contributed by atoms with Crippen LogP contribution < -0.4 is 0 Å². The second-order valence-corrected chi connectivity index (χ2v) is 13.4. The van der Waals surface area contributed by atoms with Gasteiger partial charge in [0.05, 0.1) is 29.2 Å². The Kier molecular flexibility index (Phi) is 9.60. The lowest BCUT2D eigenvalue weighted by atomic mass is 9.66. The first kappa shape index (κ1) is 29.8. The zero-order chi connectivity index (χ0) is 27.5. The third-order valence-electron chi connectivity index (χ3n) is 8.63. The molecule has 1 spiro atoms. The van der Waals surface area contributed by atoms with Crippen molar-refractivity contribution < 1.29 is 19.5 Å². The van der Waals surface area contributed by atoms with E-state index in [9.17, 15) is 19.5 Å². The maximum Gasteiger partial charge on any atom is 0.247 e. The van der Waals surface area contributed by atoms with Crippen LogP contribution in [0.2, 0.25) is 0 Å². The summed E-state index contributed by atoms with van der Waals surface area (Å²) in [7, 11) is 0. The molecular weight excluding hydrogens is 486 g/mol. The number of carbonyl (C=O) groups is 3. The van der Waals surface area contributed by atoms with Crippen LogP contribution in [0.15, 0.2) is 25.3 Å². The van der Waals surface area contributed by atoms with Crippen LogP contribution in [0.5, 0.6) is 0 Å². The van der Waals surface area contributed by atoms with E-state index in [1.807, 2.05) is 30.6 Å². The first-order valence-corrected chi connectivity index (χ1v) is 14.8. The minimum atomic E-state index is -0.704. The SMILES string of the molecule is C=CCN(CCCC)C(=O)C1N([C@@H](CO)C(C)C)C(=O)[C@@H]2[C@H](C(=O)N(CC=C)CCC)[C@]3(C)CCC12S3. The van der Waals surface area contributed by atoms with Gasteiger partial charge >= 0.3 is 0 Å². The van der Waals surface area contributed by atoms with E-state index in [1.165, 1.54) is 0 Å². The largest absolute Gasteiger partial charge is 0.394 e. The van der Waals surface area contributed by atoms with Gasteiger partial charge in [-0.05, 0) is 38.5 Å². The number of unbranched alkanes of at least 4 members (excludes halogenated alkanes) is 1. The van der Waals surface area contributed by atoms with Gasteiger partial charge < -0.3 is 19.8 Å². The molecule has 3 rings (SSSR count). The van der Waals surface area contributed by atoms with Crippen LogP contribution in [0.3, 0.4) is 0 Å². The number of nitrogens with zero attached hydrogens (tertiary/aromatic N) is 3. The average molecular weight is 534 g/mol. The Balaban J connectivity index is 2.13. The lowest BCUT2D eigenvalue weighted by molar-refractivity contribution is -0.148. The third-order valence-corrected chi connectivity index (χ3v) is 10.6. The fraction of sp³-hybridized carbons (Fsp3) is 0.759. The van der Waals surface area contributed by atoms with E-state index in [0.717, 1.165) is 25.7 Å². The molecule has 0 radical (unpaired) electrons. The van der Waals surface area contributed by atoms with Crippen molar-refractivity contribution in [1.29, 1.82) is 0 Å². The number of aliphatic hydroxyl groups is 1. The zero-order valence-electron chi connectivity index (χ0n) is 23.4. The number of likely N-dealkylation sites (tertiary alicyclic amines) is 1. The lowest BCUT2D eigenvalue weighted by Crippen LogP contribution is -2.58. The summed E-state index contributed by atoms with van der Waals surface area (Å²) >= 11 is 1.69. The summed E-state index contributed by atoms with van der Waals surface area (Å²) in [5, 5.41) is 10.4. The molecule has 3 heterocycles. The zero-order valence-corrected chi connectivity index (χ0v) is 24.3. The summed E-state index contributed by atoms with van der Waals surface area (Å²) in [6, 6.07) is -1.19. The second-order valence-electron chi connectivity index (χ2n) is 11.5. The highest BCUT2D eigenvalue weighted by Crippen LogP contribution is 2.72. The maximum atomic E-state index is 14.4. The van der Waals surface area contributed by atoms with Crippen LogP contribution in [0.1, 0.15) is 66.7 Å². The van der Waals surface area contributed by atoms with Crippen molar-refractivity contribution in [3.8, 4) is 0 Å². The smallest absolute Gasteiger partial charge is 0.247 e. The average Bonchev–Trinajstić information content (AvgIpc) is 3.42. The third kappa shape index (κ3) is 5.00. The van der Waals surface area contributed by atoms with E-state index in [4.69, 9.17) is 0 Å². The summed E-state index contributed by atoms with van der Waals surface area (Å²) in [4.78, 5) is 48.2. The van der Waals surface area contributed by atoms with Gasteiger partial charge in [0.2, 0.25) is 17.7 Å². The van der Waals surface area contributed by atoms with Gasteiger partial charge in [0.15, 0.2) is 0 Å². The first-order chi connectivity index (χ1) is 17.6. The van der Waals surface area contributed by atoms with Gasteiger partial charge in [-0.15, -0.1) is 24.9 Å². The van der Waals surface area contributed by atoms with Gasteiger partial charge in [-0.25, -0.2) is 0 Å². The highest BCUT2D eigenvalue weighted by atomic mass is 32.2. The molecule has 3 aliphatic heterocycles. The maximum absolute atomic E-state index is 14.4. The van der Waals surface area contributed by atoms with Crippen LogP contribution >= 0.6 is 11.8 Å². The molecular formula is C29H47N3O4S. The highest BCUT2D eigenvalue weighted by molar-refractivity contribution is 8.02. The fourth-order valence-corrected chi connectivity index (χ4v) is 9.21. The number of carbonyl (C=O) groups excluding carboxylic acids is 3. The Morgan fingerprint density at radius 2 is 1.73 bits per heavy atom. The summed E-state index contributed by atoms with van der Waals surface area (Å²) < 4.78 is -1.09. The van der Waals surface area contributed by atoms with Crippen LogP contribution in [-0.2, 0) is 14.4 Å². The molecule has 0 aromatic carbocycles. The van der Waals surface area contributed by atoms with Crippen molar-refractivity contribution in [3.63, 3.8) is 0 Å². The quantitative estimate of drug-likeness (QED) is 0.344. The Labute approximate surface area is 227 Å². The molecule has 0 aliphatic carbocycles. The second kappa shape index (κ2) is 11.9. The Hall–Kier alpha value is -1.80. The van der Waals surface area contributed by atoms with E-state index in [2.05, 4.69) is 27.0 Å². The Morgan fingerprint density at radius 1 is 1.11 bits per heavy atom. The minimum Gasteiger partial charge on any atom is -0.394 e. The van der Waals surface area contributed by atoms with E-state index < -0.39 is 33.4 Å². The summed E-state index contributed by atoms with van der Waals surface area (Å²) in [6.07, 6.45) is 7.61. The fourth-order valence-electron chi connectivity index (χ4n) is 6.88. The number of hydrogen-bond acceptors (Lipinski definition) is 5. The molecule has 8 heteroatoms. The summed E-state index contributed by atoms with van der Waals surface area (Å²) in [5.41, 5.74) is 0. The molecule has 3 fully saturated rings. The molecule has 0 aromatic rings. The molecule has 6 atom stereocenters. The first-order valence-electron chi connectivity index (χ1n) is 14.0. The standard InChI is InChI=1S/C29H47N3O4S/c1-8-12-18-31(17-11-4)27(36)24-29-14-13-28(7,37-29)22(25(34)30(15-9-2)16-10-3)23(29)26(35)32(24)21(19-33)20(5)6/h9,11,20-24,33H,2,4,8,10,12-19H2,1,3,5-7H3/t21-,22+,23-,24?,28-,29?/m0/s1. The molecule has 7 nitrogen and oxygen atoms in total. The van der Waals surface area contributed by atoms with Crippen molar-refractivity contribution in [3.05, 3.63) is 25.3 Å². The lowest BCUT2D eigenvalue weighted by Gasteiger charge is -2.40. The molecule has 2 unspecified atom stereocenters. The van der Waals surface area contributed by atoms with E-state index in [0.29, 0.717) is 32.6 Å². The van der Waals surface area contributed by atoms with Gasteiger partial charge in [0.25, 0.3) is 0 Å².